The number of ether oxygens (including phenoxy) is 1. The molecule has 6 heteroatoms. The van der Waals surface area contributed by atoms with Crippen molar-refractivity contribution in [3.05, 3.63) is 36.3 Å². The summed E-state index contributed by atoms with van der Waals surface area (Å²) in [7, 11) is 1.96. The largest absolute Gasteiger partial charge is 0.379 e. The number of pyridine rings is 1. The van der Waals surface area contributed by atoms with Crippen molar-refractivity contribution in [2.45, 2.75) is 25.9 Å². The molecule has 2 aromatic heterocycles. The summed E-state index contributed by atoms with van der Waals surface area (Å²) in [6.45, 7) is 9.98. The molecular weight excluding hydrogens is 302 g/mol. The van der Waals surface area contributed by atoms with E-state index in [2.05, 4.69) is 40.3 Å². The summed E-state index contributed by atoms with van der Waals surface area (Å²) in [5.74, 6) is 0. The van der Waals surface area contributed by atoms with Crippen molar-refractivity contribution in [3.8, 4) is 11.3 Å². The summed E-state index contributed by atoms with van der Waals surface area (Å²) in [4.78, 5) is 6.58. The molecule has 2 aromatic rings. The number of hydrogen-bond acceptors (Lipinski definition) is 5. The molecule has 0 unspecified atom stereocenters. The molecule has 1 fully saturated rings. The lowest BCUT2D eigenvalue weighted by Crippen LogP contribution is -2.54. The van der Waals surface area contributed by atoms with Crippen LogP contribution in [0.1, 0.15) is 19.4 Å². The van der Waals surface area contributed by atoms with Gasteiger partial charge in [0, 0.05) is 68.5 Å². The maximum Gasteiger partial charge on any atom is 0.0969 e. The van der Waals surface area contributed by atoms with E-state index in [0.717, 1.165) is 50.7 Å². The molecule has 0 saturated carbocycles. The summed E-state index contributed by atoms with van der Waals surface area (Å²) in [5, 5.41) is 8.22. The van der Waals surface area contributed by atoms with E-state index in [1.165, 1.54) is 5.56 Å². The number of hydrogen-bond donors (Lipinski definition) is 1. The van der Waals surface area contributed by atoms with Gasteiger partial charge in [0.2, 0.25) is 0 Å². The molecule has 1 saturated heterocycles. The van der Waals surface area contributed by atoms with E-state index >= 15 is 0 Å². The normalized spacial score (nSPS) is 16.5. The van der Waals surface area contributed by atoms with Gasteiger partial charge in [0.1, 0.15) is 0 Å². The minimum Gasteiger partial charge on any atom is -0.379 e. The molecule has 3 heterocycles. The van der Waals surface area contributed by atoms with Crippen molar-refractivity contribution in [2.24, 2.45) is 7.05 Å². The minimum absolute atomic E-state index is 0.114. The van der Waals surface area contributed by atoms with Gasteiger partial charge in [0.05, 0.1) is 18.9 Å². The first-order chi connectivity index (χ1) is 11.6. The van der Waals surface area contributed by atoms with Gasteiger partial charge in [-0.3, -0.25) is 14.6 Å². The van der Waals surface area contributed by atoms with Crippen molar-refractivity contribution in [1.82, 2.24) is 25.0 Å². The van der Waals surface area contributed by atoms with E-state index in [4.69, 9.17) is 4.74 Å². The third-order valence-electron chi connectivity index (χ3n) is 4.60. The molecule has 1 aliphatic rings. The molecule has 1 aliphatic heterocycles. The van der Waals surface area contributed by atoms with E-state index < -0.39 is 0 Å². The van der Waals surface area contributed by atoms with Crippen LogP contribution >= 0.6 is 0 Å². The Labute approximate surface area is 143 Å². The van der Waals surface area contributed by atoms with Crippen LogP contribution in [-0.2, 0) is 18.3 Å². The lowest BCUT2D eigenvalue weighted by Gasteiger charge is -2.41. The van der Waals surface area contributed by atoms with Gasteiger partial charge in [-0.15, -0.1) is 0 Å². The zero-order chi connectivity index (χ0) is 17.0. The molecule has 3 rings (SSSR count). The topological polar surface area (TPSA) is 55.2 Å². The van der Waals surface area contributed by atoms with Crippen LogP contribution in [0.4, 0.5) is 0 Å². The fraction of sp³-hybridized carbons (Fsp3) is 0.556. The van der Waals surface area contributed by atoms with Gasteiger partial charge in [-0.05, 0) is 26.0 Å². The van der Waals surface area contributed by atoms with Gasteiger partial charge >= 0.3 is 0 Å². The minimum atomic E-state index is 0.114. The van der Waals surface area contributed by atoms with Gasteiger partial charge < -0.3 is 10.1 Å². The number of nitrogens with zero attached hydrogens (tertiary/aromatic N) is 4. The van der Waals surface area contributed by atoms with Gasteiger partial charge in [0.15, 0.2) is 0 Å². The fourth-order valence-corrected chi connectivity index (χ4v) is 3.20. The third-order valence-corrected chi connectivity index (χ3v) is 4.60. The number of aryl methyl sites for hydroxylation is 1. The van der Waals surface area contributed by atoms with E-state index in [-0.39, 0.29) is 5.54 Å². The Hall–Kier alpha value is -1.76. The smallest absolute Gasteiger partial charge is 0.0969 e. The van der Waals surface area contributed by atoms with Crippen molar-refractivity contribution in [3.63, 3.8) is 0 Å². The number of nitrogens with one attached hydrogen (secondary N) is 1. The molecular formula is C18H27N5O. The summed E-state index contributed by atoms with van der Waals surface area (Å²) >= 11 is 0. The van der Waals surface area contributed by atoms with Crippen molar-refractivity contribution < 1.29 is 4.74 Å². The average Bonchev–Trinajstić information content (AvgIpc) is 2.97. The SMILES string of the molecule is Cn1cc(CNCC(C)(C)N2CCOCC2)c(-c2ccncc2)n1. The third kappa shape index (κ3) is 4.01. The predicted molar refractivity (Wildman–Crippen MR) is 94.6 cm³/mol. The quantitative estimate of drug-likeness (QED) is 0.874. The number of rotatable bonds is 6. The van der Waals surface area contributed by atoms with Crippen LogP contribution < -0.4 is 5.32 Å². The summed E-state index contributed by atoms with van der Waals surface area (Å²) in [6.07, 6.45) is 5.70. The van der Waals surface area contributed by atoms with Gasteiger partial charge in [-0.2, -0.15) is 5.10 Å². The van der Waals surface area contributed by atoms with Crippen LogP contribution in [0.2, 0.25) is 0 Å². The molecule has 0 atom stereocenters. The first kappa shape index (κ1) is 17.1. The highest BCUT2D eigenvalue weighted by Gasteiger charge is 2.27. The molecule has 0 spiro atoms. The van der Waals surface area contributed by atoms with Crippen LogP contribution in [0.3, 0.4) is 0 Å². The van der Waals surface area contributed by atoms with Crippen LogP contribution in [0.15, 0.2) is 30.7 Å². The average molecular weight is 329 g/mol. The highest BCUT2D eigenvalue weighted by Crippen LogP contribution is 2.21. The summed E-state index contributed by atoms with van der Waals surface area (Å²) in [5.41, 5.74) is 3.45. The first-order valence-corrected chi connectivity index (χ1v) is 8.53. The Morgan fingerprint density at radius 2 is 1.92 bits per heavy atom. The molecule has 1 N–H and O–H groups in total. The van der Waals surface area contributed by atoms with Crippen LogP contribution in [0, 0.1) is 0 Å². The summed E-state index contributed by atoms with van der Waals surface area (Å²) < 4.78 is 7.33. The van der Waals surface area contributed by atoms with E-state index in [0.29, 0.717) is 0 Å². The van der Waals surface area contributed by atoms with Crippen LogP contribution in [-0.4, -0.2) is 58.1 Å². The molecule has 0 aliphatic carbocycles. The number of morpholine rings is 1. The Morgan fingerprint density at radius 3 is 2.62 bits per heavy atom. The Balaban J connectivity index is 1.63. The Bertz CT molecular complexity index is 647. The first-order valence-electron chi connectivity index (χ1n) is 8.53. The highest BCUT2D eigenvalue weighted by atomic mass is 16.5. The molecule has 0 aromatic carbocycles. The molecule has 0 amide bonds. The highest BCUT2D eigenvalue weighted by molar-refractivity contribution is 5.61. The molecule has 0 bridgehead atoms. The standard InChI is InChI=1S/C18H27N5O/c1-18(2,23-8-10-24-11-9-23)14-20-12-16-13-22(3)21-17(16)15-4-6-19-7-5-15/h4-7,13,20H,8-12,14H2,1-3H3. The van der Waals surface area contributed by atoms with Gasteiger partial charge in [-0.25, -0.2) is 0 Å². The maximum atomic E-state index is 5.46. The van der Waals surface area contributed by atoms with Crippen LogP contribution in [0.5, 0.6) is 0 Å². The summed E-state index contributed by atoms with van der Waals surface area (Å²) in [6, 6.07) is 4.01. The second-order valence-corrected chi connectivity index (χ2v) is 6.93. The second-order valence-electron chi connectivity index (χ2n) is 6.93. The zero-order valence-corrected chi connectivity index (χ0v) is 14.8. The Kier molecular flexibility index (Phi) is 5.28. The lowest BCUT2D eigenvalue weighted by atomic mass is 10.0. The van der Waals surface area contributed by atoms with Gasteiger partial charge in [-0.1, -0.05) is 0 Å². The molecule has 0 radical (unpaired) electrons. The van der Waals surface area contributed by atoms with Crippen molar-refractivity contribution >= 4 is 0 Å². The lowest BCUT2D eigenvalue weighted by molar-refractivity contribution is -0.00966. The van der Waals surface area contributed by atoms with E-state index in [1.807, 2.05) is 36.3 Å². The monoisotopic (exact) mass is 329 g/mol. The predicted octanol–water partition coefficient (Wildman–Crippen LogP) is 1.68. The molecule has 130 valence electrons. The zero-order valence-electron chi connectivity index (χ0n) is 14.8. The fourth-order valence-electron chi connectivity index (χ4n) is 3.20. The Morgan fingerprint density at radius 1 is 1.21 bits per heavy atom. The second kappa shape index (κ2) is 7.42. The van der Waals surface area contributed by atoms with Crippen molar-refractivity contribution in [2.75, 3.05) is 32.8 Å². The number of aromatic nitrogens is 3. The van der Waals surface area contributed by atoms with Crippen molar-refractivity contribution in [1.29, 1.82) is 0 Å². The van der Waals surface area contributed by atoms with E-state index in [1.54, 1.807) is 0 Å². The van der Waals surface area contributed by atoms with Gasteiger partial charge in [0.25, 0.3) is 0 Å². The maximum absolute atomic E-state index is 5.46. The molecule has 24 heavy (non-hydrogen) atoms. The van der Waals surface area contributed by atoms with Crippen LogP contribution in [0.25, 0.3) is 11.3 Å². The molecule has 6 nitrogen and oxygen atoms in total. The van der Waals surface area contributed by atoms with E-state index in [9.17, 15) is 0 Å².